The number of amides is 1. The molecule has 1 amide bonds. The topological polar surface area (TPSA) is 86.6 Å². The van der Waals surface area contributed by atoms with Gasteiger partial charge < -0.3 is 15.5 Å². The highest BCUT2D eigenvalue weighted by atomic mass is 35.5. The van der Waals surface area contributed by atoms with Crippen molar-refractivity contribution in [2.45, 2.75) is 19.4 Å². The van der Waals surface area contributed by atoms with Crippen molar-refractivity contribution in [3.05, 3.63) is 34.3 Å². The summed E-state index contributed by atoms with van der Waals surface area (Å²) in [5.74, 6) is -1.70. The van der Waals surface area contributed by atoms with E-state index < -0.39 is 17.9 Å². The second-order valence-electron chi connectivity index (χ2n) is 3.84. The highest BCUT2D eigenvalue weighted by molar-refractivity contribution is 6.31. The molecule has 6 heteroatoms. The molecular formula is C12H14ClNO4. The van der Waals surface area contributed by atoms with Gasteiger partial charge in [0.25, 0.3) is 5.91 Å². The van der Waals surface area contributed by atoms with Crippen molar-refractivity contribution in [2.75, 3.05) is 6.61 Å². The minimum atomic E-state index is -1.18. The fourth-order valence-electron chi connectivity index (χ4n) is 1.46. The number of hydrogen-bond donors (Lipinski definition) is 3. The minimum Gasteiger partial charge on any atom is -0.480 e. The van der Waals surface area contributed by atoms with Gasteiger partial charge in [0.1, 0.15) is 6.04 Å². The zero-order valence-electron chi connectivity index (χ0n) is 9.81. The molecule has 1 aromatic rings. The maximum atomic E-state index is 11.9. The molecule has 3 N–H and O–H groups in total. The fourth-order valence-corrected chi connectivity index (χ4v) is 1.63. The number of aliphatic carboxylic acids is 1. The van der Waals surface area contributed by atoms with Gasteiger partial charge >= 0.3 is 5.97 Å². The second-order valence-corrected chi connectivity index (χ2v) is 4.27. The Hall–Kier alpha value is -1.59. The zero-order chi connectivity index (χ0) is 13.7. The number of carboxylic acid groups (broad SMARTS) is 1. The average Bonchev–Trinajstić information content (AvgIpc) is 2.31. The standard InChI is InChI=1S/C12H14ClNO4/c1-7-2-3-8(13)6-9(7)11(16)14-10(4-5-15)12(17)18/h2-3,6,10,15H,4-5H2,1H3,(H,14,16)(H,17,18)/t10-/m0/s1. The van der Waals surface area contributed by atoms with E-state index in [-0.39, 0.29) is 13.0 Å². The summed E-state index contributed by atoms with van der Waals surface area (Å²) in [6.07, 6.45) is -0.0410. The van der Waals surface area contributed by atoms with Crippen molar-refractivity contribution in [1.82, 2.24) is 5.32 Å². The Morgan fingerprint density at radius 2 is 2.11 bits per heavy atom. The molecule has 1 rings (SSSR count). The van der Waals surface area contributed by atoms with E-state index in [1.165, 1.54) is 6.07 Å². The van der Waals surface area contributed by atoms with Crippen molar-refractivity contribution in [3.8, 4) is 0 Å². The molecule has 0 aliphatic heterocycles. The Morgan fingerprint density at radius 3 is 2.67 bits per heavy atom. The van der Waals surface area contributed by atoms with Crippen molar-refractivity contribution in [3.63, 3.8) is 0 Å². The lowest BCUT2D eigenvalue weighted by molar-refractivity contribution is -0.139. The summed E-state index contributed by atoms with van der Waals surface area (Å²) in [6, 6.07) is 3.69. The molecule has 0 radical (unpaired) electrons. The summed E-state index contributed by atoms with van der Waals surface area (Å²) < 4.78 is 0. The molecule has 0 bridgehead atoms. The molecule has 0 spiro atoms. The van der Waals surface area contributed by atoms with E-state index >= 15 is 0 Å². The van der Waals surface area contributed by atoms with Gasteiger partial charge in [-0.1, -0.05) is 17.7 Å². The lowest BCUT2D eigenvalue weighted by Gasteiger charge is -2.14. The number of nitrogens with one attached hydrogen (secondary N) is 1. The van der Waals surface area contributed by atoms with Crippen molar-refractivity contribution >= 4 is 23.5 Å². The van der Waals surface area contributed by atoms with Crippen molar-refractivity contribution in [2.24, 2.45) is 0 Å². The summed E-state index contributed by atoms with van der Waals surface area (Å²) in [5.41, 5.74) is 1.02. The van der Waals surface area contributed by atoms with Crippen LogP contribution in [0, 0.1) is 6.92 Å². The van der Waals surface area contributed by atoms with Crippen LogP contribution in [0.1, 0.15) is 22.3 Å². The van der Waals surface area contributed by atoms with Crippen LogP contribution in [0.4, 0.5) is 0 Å². The second kappa shape index (κ2) is 6.37. The first-order valence-electron chi connectivity index (χ1n) is 5.36. The molecule has 5 nitrogen and oxygen atoms in total. The molecule has 0 saturated carbocycles. The number of benzene rings is 1. The predicted octanol–water partition coefficient (Wildman–Crippen LogP) is 1.21. The third-order valence-electron chi connectivity index (χ3n) is 2.47. The van der Waals surface area contributed by atoms with Gasteiger partial charge in [0.2, 0.25) is 0 Å². The molecule has 0 saturated heterocycles. The quantitative estimate of drug-likeness (QED) is 0.751. The Labute approximate surface area is 109 Å². The monoisotopic (exact) mass is 271 g/mol. The Balaban J connectivity index is 2.86. The van der Waals surface area contributed by atoms with Crippen LogP contribution in [0.25, 0.3) is 0 Å². The highest BCUT2D eigenvalue weighted by Gasteiger charge is 2.20. The molecule has 98 valence electrons. The van der Waals surface area contributed by atoms with Crippen LogP contribution in [0.2, 0.25) is 5.02 Å². The average molecular weight is 272 g/mol. The summed E-state index contributed by atoms with van der Waals surface area (Å²) in [4.78, 5) is 22.7. The van der Waals surface area contributed by atoms with Gasteiger partial charge in [0.15, 0.2) is 0 Å². The lowest BCUT2D eigenvalue weighted by atomic mass is 10.1. The summed E-state index contributed by atoms with van der Waals surface area (Å²) in [5, 5.41) is 20.4. The largest absolute Gasteiger partial charge is 0.480 e. The van der Waals surface area contributed by atoms with E-state index in [1.807, 2.05) is 0 Å². The number of carbonyl (C=O) groups excluding carboxylic acids is 1. The highest BCUT2D eigenvalue weighted by Crippen LogP contribution is 2.15. The Kier molecular flexibility index (Phi) is 5.12. The number of aryl methyl sites for hydroxylation is 1. The third kappa shape index (κ3) is 3.72. The maximum Gasteiger partial charge on any atom is 0.326 e. The number of aliphatic hydroxyl groups is 1. The number of carbonyl (C=O) groups is 2. The van der Waals surface area contributed by atoms with Gasteiger partial charge in [-0.25, -0.2) is 4.79 Å². The summed E-state index contributed by atoms with van der Waals surface area (Å²) >= 11 is 5.78. The smallest absolute Gasteiger partial charge is 0.326 e. The Morgan fingerprint density at radius 1 is 1.44 bits per heavy atom. The first-order valence-corrected chi connectivity index (χ1v) is 5.74. The maximum absolute atomic E-state index is 11.9. The molecule has 18 heavy (non-hydrogen) atoms. The molecule has 1 atom stereocenters. The van der Waals surface area contributed by atoms with E-state index in [0.29, 0.717) is 16.1 Å². The molecule has 0 fully saturated rings. The van der Waals surface area contributed by atoms with Crippen molar-refractivity contribution < 1.29 is 19.8 Å². The van der Waals surface area contributed by atoms with Crippen LogP contribution >= 0.6 is 11.6 Å². The molecule has 0 unspecified atom stereocenters. The van der Waals surface area contributed by atoms with Gasteiger partial charge in [-0.15, -0.1) is 0 Å². The zero-order valence-corrected chi connectivity index (χ0v) is 10.6. The predicted molar refractivity (Wildman–Crippen MR) is 66.8 cm³/mol. The van der Waals surface area contributed by atoms with Gasteiger partial charge in [0, 0.05) is 23.6 Å². The Bertz CT molecular complexity index is 461. The summed E-state index contributed by atoms with van der Waals surface area (Å²) in [6.45, 7) is 1.42. The van der Waals surface area contributed by atoms with E-state index in [9.17, 15) is 9.59 Å². The number of hydrogen-bond acceptors (Lipinski definition) is 3. The fraction of sp³-hybridized carbons (Fsp3) is 0.333. The molecule has 0 heterocycles. The van der Waals surface area contributed by atoms with Crippen LogP contribution in [-0.4, -0.2) is 34.7 Å². The normalized spacial score (nSPS) is 11.9. The van der Waals surface area contributed by atoms with E-state index in [4.69, 9.17) is 21.8 Å². The van der Waals surface area contributed by atoms with Gasteiger partial charge in [-0.3, -0.25) is 4.79 Å². The SMILES string of the molecule is Cc1ccc(Cl)cc1C(=O)N[C@@H](CCO)C(=O)O. The van der Waals surface area contributed by atoms with Crippen LogP contribution < -0.4 is 5.32 Å². The molecule has 1 aromatic carbocycles. The molecular weight excluding hydrogens is 258 g/mol. The van der Waals surface area contributed by atoms with Crippen molar-refractivity contribution in [1.29, 1.82) is 0 Å². The number of carboxylic acids is 1. The first kappa shape index (κ1) is 14.5. The molecule has 0 aromatic heterocycles. The van der Waals surface area contributed by atoms with Crippen LogP contribution in [0.5, 0.6) is 0 Å². The van der Waals surface area contributed by atoms with Gasteiger partial charge in [-0.2, -0.15) is 0 Å². The van der Waals surface area contributed by atoms with Crippen LogP contribution in [0.15, 0.2) is 18.2 Å². The number of aliphatic hydroxyl groups excluding tert-OH is 1. The summed E-state index contributed by atoms with van der Waals surface area (Å²) in [7, 11) is 0. The van der Waals surface area contributed by atoms with E-state index in [0.717, 1.165) is 0 Å². The van der Waals surface area contributed by atoms with E-state index in [2.05, 4.69) is 5.32 Å². The van der Waals surface area contributed by atoms with Crippen LogP contribution in [0.3, 0.4) is 0 Å². The van der Waals surface area contributed by atoms with Gasteiger partial charge in [-0.05, 0) is 24.6 Å². The van der Waals surface area contributed by atoms with E-state index in [1.54, 1.807) is 19.1 Å². The number of rotatable bonds is 5. The minimum absolute atomic E-state index is 0.0410. The lowest BCUT2D eigenvalue weighted by Crippen LogP contribution is -2.41. The number of halogens is 1. The molecule has 0 aliphatic carbocycles. The molecule has 0 aliphatic rings. The van der Waals surface area contributed by atoms with Crippen LogP contribution in [-0.2, 0) is 4.79 Å². The first-order chi connectivity index (χ1) is 8.45. The third-order valence-corrected chi connectivity index (χ3v) is 2.70. The van der Waals surface area contributed by atoms with Gasteiger partial charge in [0.05, 0.1) is 0 Å².